The van der Waals surface area contributed by atoms with Gasteiger partial charge in [0.2, 0.25) is 0 Å². The van der Waals surface area contributed by atoms with Crippen molar-refractivity contribution >= 4 is 28.9 Å². The number of methoxy groups -OCH3 is 2. The first kappa shape index (κ1) is 17.6. The molecule has 7 heteroatoms. The summed E-state index contributed by atoms with van der Waals surface area (Å²) < 4.78 is 10.4. The van der Waals surface area contributed by atoms with E-state index in [1.807, 2.05) is 0 Å². The van der Waals surface area contributed by atoms with Gasteiger partial charge in [0.15, 0.2) is 0 Å². The Morgan fingerprint density at radius 1 is 1.29 bits per heavy atom. The lowest BCUT2D eigenvalue weighted by atomic mass is 10.2. The van der Waals surface area contributed by atoms with Gasteiger partial charge >= 0.3 is 0 Å². The smallest absolute Gasteiger partial charge is 0.274 e. The predicted molar refractivity (Wildman–Crippen MR) is 95.4 cm³/mol. The maximum Gasteiger partial charge on any atom is 0.274 e. The Hall–Kier alpha value is -2.73. The van der Waals surface area contributed by atoms with Gasteiger partial charge in [-0.25, -0.2) is 4.98 Å². The first-order valence-corrected chi connectivity index (χ1v) is 7.50. The summed E-state index contributed by atoms with van der Waals surface area (Å²) in [5, 5.41) is 6.22. The Morgan fingerprint density at radius 3 is 2.62 bits per heavy atom. The molecule has 1 aromatic heterocycles. The second kappa shape index (κ2) is 8.21. The van der Waals surface area contributed by atoms with Crippen LogP contribution in [0, 0.1) is 0 Å². The number of halogens is 1. The van der Waals surface area contributed by atoms with E-state index in [2.05, 4.69) is 22.2 Å². The molecule has 0 radical (unpaired) electrons. The van der Waals surface area contributed by atoms with Crippen LogP contribution in [0.1, 0.15) is 10.5 Å². The van der Waals surface area contributed by atoms with E-state index in [4.69, 9.17) is 21.1 Å². The van der Waals surface area contributed by atoms with E-state index in [1.165, 1.54) is 14.2 Å². The fraction of sp³-hybridized carbons (Fsp3) is 0.176. The van der Waals surface area contributed by atoms with Crippen molar-refractivity contribution in [3.8, 4) is 11.5 Å². The molecular formula is C17H18ClN3O3. The second-order valence-corrected chi connectivity index (χ2v) is 5.15. The maximum atomic E-state index is 12.4. The zero-order valence-electron chi connectivity index (χ0n) is 13.4. The van der Waals surface area contributed by atoms with Crippen molar-refractivity contribution in [2.75, 3.05) is 31.4 Å². The van der Waals surface area contributed by atoms with Gasteiger partial charge in [0, 0.05) is 18.7 Å². The molecule has 0 aliphatic heterocycles. The van der Waals surface area contributed by atoms with E-state index < -0.39 is 0 Å². The van der Waals surface area contributed by atoms with Crippen molar-refractivity contribution in [1.29, 1.82) is 0 Å². The van der Waals surface area contributed by atoms with Crippen molar-refractivity contribution in [2.24, 2.45) is 0 Å². The SMILES string of the molecule is C=CCNc1ccc(C(=O)Nc2cc(OC)c(Cl)cc2OC)nc1. The summed E-state index contributed by atoms with van der Waals surface area (Å²) in [6, 6.07) is 6.57. The highest BCUT2D eigenvalue weighted by Gasteiger charge is 2.14. The molecule has 0 aliphatic rings. The normalized spacial score (nSPS) is 9.96. The molecule has 0 spiro atoms. The molecule has 0 unspecified atom stereocenters. The molecule has 0 atom stereocenters. The van der Waals surface area contributed by atoms with Crippen LogP contribution in [-0.4, -0.2) is 31.7 Å². The summed E-state index contributed by atoms with van der Waals surface area (Å²) in [6.45, 7) is 4.25. The zero-order valence-corrected chi connectivity index (χ0v) is 14.2. The summed E-state index contributed by atoms with van der Waals surface area (Å²) in [5.41, 5.74) is 1.52. The summed E-state index contributed by atoms with van der Waals surface area (Å²) in [4.78, 5) is 16.5. The van der Waals surface area contributed by atoms with Gasteiger partial charge in [-0.3, -0.25) is 4.79 Å². The number of anilines is 2. The number of ether oxygens (including phenoxy) is 2. The van der Waals surface area contributed by atoms with E-state index in [0.29, 0.717) is 28.8 Å². The highest BCUT2D eigenvalue weighted by atomic mass is 35.5. The highest BCUT2D eigenvalue weighted by molar-refractivity contribution is 6.32. The number of amides is 1. The molecule has 1 heterocycles. The van der Waals surface area contributed by atoms with Gasteiger partial charge in [0.1, 0.15) is 17.2 Å². The van der Waals surface area contributed by atoms with E-state index in [9.17, 15) is 4.79 Å². The fourth-order valence-corrected chi connectivity index (χ4v) is 2.20. The predicted octanol–water partition coefficient (Wildman–Crippen LogP) is 3.60. The molecule has 6 nitrogen and oxygen atoms in total. The van der Waals surface area contributed by atoms with Crippen LogP contribution in [0.15, 0.2) is 43.1 Å². The van der Waals surface area contributed by atoms with Crippen LogP contribution in [-0.2, 0) is 0 Å². The minimum atomic E-state index is -0.368. The first-order chi connectivity index (χ1) is 11.6. The van der Waals surface area contributed by atoms with Gasteiger partial charge in [0.05, 0.1) is 36.8 Å². The third kappa shape index (κ3) is 4.17. The Kier molecular flexibility index (Phi) is 6.03. The van der Waals surface area contributed by atoms with Crippen LogP contribution < -0.4 is 20.1 Å². The van der Waals surface area contributed by atoms with Gasteiger partial charge in [-0.15, -0.1) is 6.58 Å². The number of hydrogen-bond donors (Lipinski definition) is 2. The lowest BCUT2D eigenvalue weighted by Gasteiger charge is -2.13. The molecule has 0 bridgehead atoms. The van der Waals surface area contributed by atoms with Crippen molar-refractivity contribution in [3.05, 3.63) is 53.8 Å². The first-order valence-electron chi connectivity index (χ1n) is 7.12. The topological polar surface area (TPSA) is 72.5 Å². The third-order valence-electron chi connectivity index (χ3n) is 3.17. The number of nitrogens with one attached hydrogen (secondary N) is 2. The molecule has 0 saturated carbocycles. The molecular weight excluding hydrogens is 330 g/mol. The van der Waals surface area contributed by atoms with Crippen molar-refractivity contribution in [3.63, 3.8) is 0 Å². The summed E-state index contributed by atoms with van der Waals surface area (Å²) >= 11 is 6.05. The number of aromatic nitrogens is 1. The van der Waals surface area contributed by atoms with Gasteiger partial charge in [-0.2, -0.15) is 0 Å². The van der Waals surface area contributed by atoms with Crippen LogP contribution in [0.2, 0.25) is 5.02 Å². The molecule has 2 rings (SSSR count). The Morgan fingerprint density at radius 2 is 2.04 bits per heavy atom. The Balaban J connectivity index is 2.18. The molecule has 24 heavy (non-hydrogen) atoms. The van der Waals surface area contributed by atoms with Crippen LogP contribution >= 0.6 is 11.6 Å². The van der Waals surface area contributed by atoms with Crippen LogP contribution in [0.5, 0.6) is 11.5 Å². The largest absolute Gasteiger partial charge is 0.495 e. The van der Waals surface area contributed by atoms with E-state index in [1.54, 1.807) is 36.5 Å². The fourth-order valence-electron chi connectivity index (χ4n) is 1.97. The van der Waals surface area contributed by atoms with Gasteiger partial charge in [-0.05, 0) is 12.1 Å². The average Bonchev–Trinajstić information content (AvgIpc) is 2.61. The molecule has 0 fully saturated rings. The van der Waals surface area contributed by atoms with Gasteiger partial charge in [0.25, 0.3) is 5.91 Å². The molecule has 0 aliphatic carbocycles. The standard InChI is InChI=1S/C17H18ClN3O3/c1-4-7-19-11-5-6-13(20-10-11)17(22)21-14-9-15(23-2)12(18)8-16(14)24-3/h4-6,8-10,19H,1,7H2,2-3H3,(H,21,22). The molecule has 1 amide bonds. The lowest BCUT2D eigenvalue weighted by Crippen LogP contribution is -2.14. The van der Waals surface area contributed by atoms with Gasteiger partial charge < -0.3 is 20.1 Å². The quantitative estimate of drug-likeness (QED) is 0.749. The van der Waals surface area contributed by atoms with Crippen LogP contribution in [0.25, 0.3) is 0 Å². The monoisotopic (exact) mass is 347 g/mol. The number of carbonyl (C=O) groups is 1. The summed E-state index contributed by atoms with van der Waals surface area (Å²) in [5.74, 6) is 0.496. The molecule has 2 aromatic rings. The van der Waals surface area contributed by atoms with E-state index in [0.717, 1.165) is 5.69 Å². The molecule has 1 aromatic carbocycles. The Labute approximate surface area is 145 Å². The van der Waals surface area contributed by atoms with E-state index in [-0.39, 0.29) is 11.6 Å². The number of nitrogens with zero attached hydrogens (tertiary/aromatic N) is 1. The highest BCUT2D eigenvalue weighted by Crippen LogP contribution is 2.36. The van der Waals surface area contributed by atoms with Crippen LogP contribution in [0.3, 0.4) is 0 Å². The minimum Gasteiger partial charge on any atom is -0.495 e. The lowest BCUT2D eigenvalue weighted by molar-refractivity contribution is 0.102. The number of carbonyl (C=O) groups excluding carboxylic acids is 1. The molecule has 126 valence electrons. The molecule has 2 N–H and O–H groups in total. The van der Waals surface area contributed by atoms with Crippen LogP contribution in [0.4, 0.5) is 11.4 Å². The Bertz CT molecular complexity index is 733. The summed E-state index contributed by atoms with van der Waals surface area (Å²) in [7, 11) is 2.99. The van der Waals surface area contributed by atoms with Crippen molar-refractivity contribution < 1.29 is 14.3 Å². The second-order valence-electron chi connectivity index (χ2n) is 4.74. The van der Waals surface area contributed by atoms with E-state index >= 15 is 0 Å². The summed E-state index contributed by atoms with van der Waals surface area (Å²) in [6.07, 6.45) is 3.32. The maximum absolute atomic E-state index is 12.4. The average molecular weight is 348 g/mol. The zero-order chi connectivity index (χ0) is 17.5. The number of rotatable bonds is 7. The third-order valence-corrected chi connectivity index (χ3v) is 3.46. The minimum absolute atomic E-state index is 0.273. The van der Waals surface area contributed by atoms with Gasteiger partial charge in [-0.1, -0.05) is 17.7 Å². The van der Waals surface area contributed by atoms with Crippen molar-refractivity contribution in [1.82, 2.24) is 4.98 Å². The molecule has 0 saturated heterocycles. The number of benzene rings is 1. The number of hydrogen-bond acceptors (Lipinski definition) is 5. The van der Waals surface area contributed by atoms with Crippen molar-refractivity contribution in [2.45, 2.75) is 0 Å². The number of pyridine rings is 1.